The predicted octanol–water partition coefficient (Wildman–Crippen LogP) is 2.03. The molecule has 0 spiro atoms. The van der Waals surface area contributed by atoms with Crippen LogP contribution in [0.25, 0.3) is 0 Å². The van der Waals surface area contributed by atoms with Gasteiger partial charge in [0.1, 0.15) is 11.2 Å². The Hall–Kier alpha value is -1.82. The van der Waals surface area contributed by atoms with E-state index in [4.69, 9.17) is 4.74 Å². The molecular formula is C13H12N2O. The van der Waals surface area contributed by atoms with Crippen LogP contribution in [0.3, 0.4) is 0 Å². The van der Waals surface area contributed by atoms with Crippen LogP contribution in [0.2, 0.25) is 0 Å². The molecular weight excluding hydrogens is 200 g/mol. The summed E-state index contributed by atoms with van der Waals surface area (Å²) in [6, 6.07) is 10.2. The fourth-order valence-corrected chi connectivity index (χ4v) is 2.47. The van der Waals surface area contributed by atoms with Gasteiger partial charge in [0, 0.05) is 12.5 Å². The zero-order chi connectivity index (χ0) is 11.2. The molecule has 3 heteroatoms. The van der Waals surface area contributed by atoms with Gasteiger partial charge in [-0.25, -0.2) is 0 Å². The van der Waals surface area contributed by atoms with Crippen LogP contribution in [0.15, 0.2) is 29.3 Å². The Kier molecular flexibility index (Phi) is 1.81. The van der Waals surface area contributed by atoms with Crippen LogP contribution in [0.5, 0.6) is 5.75 Å². The zero-order valence-electron chi connectivity index (χ0n) is 9.10. The molecule has 16 heavy (non-hydrogen) atoms. The summed E-state index contributed by atoms with van der Waals surface area (Å²) in [5, 5.41) is 9.24. The smallest absolute Gasteiger partial charge is 0.118 e. The van der Waals surface area contributed by atoms with Crippen molar-refractivity contribution in [2.75, 3.05) is 13.7 Å². The van der Waals surface area contributed by atoms with E-state index in [2.05, 4.69) is 11.1 Å². The summed E-state index contributed by atoms with van der Waals surface area (Å²) in [7, 11) is 1.65. The summed E-state index contributed by atoms with van der Waals surface area (Å²) in [6.07, 6.45) is 0.981. The third kappa shape index (κ3) is 1.10. The van der Waals surface area contributed by atoms with E-state index < -0.39 is 0 Å². The maximum Gasteiger partial charge on any atom is 0.118 e. The molecule has 3 nitrogen and oxygen atoms in total. The molecule has 1 saturated carbocycles. The Labute approximate surface area is 94.4 Å². The third-order valence-electron chi connectivity index (χ3n) is 3.56. The minimum Gasteiger partial charge on any atom is -0.497 e. The van der Waals surface area contributed by atoms with E-state index in [9.17, 15) is 5.26 Å². The van der Waals surface area contributed by atoms with Gasteiger partial charge in [0.15, 0.2) is 0 Å². The molecule has 0 amide bonds. The molecule has 0 aromatic heterocycles. The van der Waals surface area contributed by atoms with Crippen molar-refractivity contribution in [1.29, 1.82) is 5.26 Å². The van der Waals surface area contributed by atoms with Crippen molar-refractivity contribution in [2.24, 2.45) is 16.3 Å². The van der Waals surface area contributed by atoms with Crippen molar-refractivity contribution >= 4 is 5.71 Å². The lowest BCUT2D eigenvalue weighted by Gasteiger charge is -2.08. The van der Waals surface area contributed by atoms with Crippen molar-refractivity contribution in [3.8, 4) is 11.8 Å². The second-order valence-electron chi connectivity index (χ2n) is 4.40. The first-order chi connectivity index (χ1) is 7.80. The summed E-state index contributed by atoms with van der Waals surface area (Å²) in [6.45, 7) is 0.814. The molecule has 1 aliphatic carbocycles. The first kappa shape index (κ1) is 9.41. The van der Waals surface area contributed by atoms with Crippen molar-refractivity contribution < 1.29 is 4.74 Å². The Balaban J connectivity index is 1.96. The molecule has 1 aromatic carbocycles. The molecule has 1 fully saturated rings. The predicted molar refractivity (Wildman–Crippen MR) is 60.6 cm³/mol. The number of fused-ring (bicyclic) bond motifs is 1. The zero-order valence-corrected chi connectivity index (χ0v) is 9.10. The molecule has 0 bridgehead atoms. The average molecular weight is 212 g/mol. The summed E-state index contributed by atoms with van der Waals surface area (Å²) < 4.78 is 5.12. The number of nitriles is 1. The second-order valence-corrected chi connectivity index (χ2v) is 4.40. The lowest BCUT2D eigenvalue weighted by atomic mass is 9.94. The highest BCUT2D eigenvalue weighted by Crippen LogP contribution is 2.58. The Bertz CT molecular complexity index is 498. The number of nitrogens with zero attached hydrogens (tertiary/aromatic N) is 2. The summed E-state index contributed by atoms with van der Waals surface area (Å²) in [5.41, 5.74) is 1.76. The number of aliphatic imine (C=N–C) groups is 1. The normalized spacial score (nSPS) is 30.2. The molecule has 0 unspecified atom stereocenters. The van der Waals surface area contributed by atoms with Crippen molar-refractivity contribution in [2.45, 2.75) is 6.42 Å². The van der Waals surface area contributed by atoms with Crippen LogP contribution < -0.4 is 4.74 Å². The molecule has 1 heterocycles. The fraction of sp³-hybridized carbons (Fsp3) is 0.385. The number of hydrogen-bond acceptors (Lipinski definition) is 3. The number of ether oxygens (including phenoxy) is 1. The number of rotatable bonds is 2. The van der Waals surface area contributed by atoms with Gasteiger partial charge in [0.2, 0.25) is 0 Å². The highest BCUT2D eigenvalue weighted by Gasteiger charge is 2.61. The van der Waals surface area contributed by atoms with Crippen molar-refractivity contribution in [3.05, 3.63) is 29.8 Å². The van der Waals surface area contributed by atoms with E-state index in [0.29, 0.717) is 5.92 Å². The molecule has 0 radical (unpaired) electrons. The van der Waals surface area contributed by atoms with Crippen LogP contribution in [0.4, 0.5) is 0 Å². The lowest BCUT2D eigenvalue weighted by Crippen LogP contribution is -2.13. The van der Waals surface area contributed by atoms with Crippen LogP contribution in [0.1, 0.15) is 12.0 Å². The third-order valence-corrected chi connectivity index (χ3v) is 3.56. The van der Waals surface area contributed by atoms with Gasteiger partial charge in [-0.1, -0.05) is 0 Å². The summed E-state index contributed by atoms with van der Waals surface area (Å²) >= 11 is 0. The van der Waals surface area contributed by atoms with Crippen molar-refractivity contribution in [3.63, 3.8) is 0 Å². The quantitative estimate of drug-likeness (QED) is 0.753. The standard InChI is InChI=1S/C13H12N2O/c1-16-11-4-2-9(3-5-11)12-13(8-14)6-10(13)7-15-12/h2-5,10H,6-7H2,1H3/t10-,13+/m1/s1. The first-order valence-electron chi connectivity index (χ1n) is 5.41. The van der Waals surface area contributed by atoms with E-state index in [1.807, 2.05) is 24.3 Å². The summed E-state index contributed by atoms with van der Waals surface area (Å²) in [5.74, 6) is 1.30. The Morgan fingerprint density at radius 3 is 2.75 bits per heavy atom. The molecule has 3 rings (SSSR count). The van der Waals surface area contributed by atoms with Crippen LogP contribution in [0, 0.1) is 22.7 Å². The van der Waals surface area contributed by atoms with Crippen LogP contribution >= 0.6 is 0 Å². The highest BCUT2D eigenvalue weighted by atomic mass is 16.5. The minimum absolute atomic E-state index is 0.269. The van der Waals surface area contributed by atoms with Gasteiger partial charge in [-0.15, -0.1) is 0 Å². The van der Waals surface area contributed by atoms with Crippen molar-refractivity contribution in [1.82, 2.24) is 0 Å². The molecule has 0 N–H and O–H groups in total. The van der Waals surface area contributed by atoms with Gasteiger partial charge in [0.25, 0.3) is 0 Å². The van der Waals surface area contributed by atoms with Crippen LogP contribution in [-0.4, -0.2) is 19.4 Å². The number of methoxy groups -OCH3 is 1. The highest BCUT2D eigenvalue weighted by molar-refractivity contribution is 6.10. The largest absolute Gasteiger partial charge is 0.497 e. The minimum atomic E-state index is -0.269. The molecule has 1 aromatic rings. The maximum atomic E-state index is 9.24. The monoisotopic (exact) mass is 212 g/mol. The lowest BCUT2D eigenvalue weighted by molar-refractivity contribution is 0.415. The maximum absolute atomic E-state index is 9.24. The molecule has 0 saturated heterocycles. The van der Waals surface area contributed by atoms with Crippen LogP contribution in [-0.2, 0) is 0 Å². The first-order valence-corrected chi connectivity index (χ1v) is 5.41. The Morgan fingerprint density at radius 1 is 1.44 bits per heavy atom. The molecule has 1 aliphatic heterocycles. The van der Waals surface area contributed by atoms with Gasteiger partial charge in [-0.3, -0.25) is 4.99 Å². The van der Waals surface area contributed by atoms with E-state index in [1.165, 1.54) is 0 Å². The average Bonchev–Trinajstić information content (AvgIpc) is 2.96. The molecule has 80 valence electrons. The fourth-order valence-electron chi connectivity index (χ4n) is 2.47. The van der Waals surface area contributed by atoms with E-state index in [0.717, 1.165) is 30.0 Å². The molecule has 2 atom stereocenters. The topological polar surface area (TPSA) is 45.4 Å². The second kappa shape index (κ2) is 3.08. The van der Waals surface area contributed by atoms with Gasteiger partial charge in [-0.2, -0.15) is 5.26 Å². The number of benzene rings is 1. The number of hydrogen-bond donors (Lipinski definition) is 0. The van der Waals surface area contributed by atoms with Gasteiger partial charge >= 0.3 is 0 Å². The van der Waals surface area contributed by atoms with E-state index >= 15 is 0 Å². The SMILES string of the molecule is COc1ccc(C2=NC[C@H]3C[C@@]23C#N)cc1. The van der Waals surface area contributed by atoms with Gasteiger partial charge < -0.3 is 4.74 Å². The summed E-state index contributed by atoms with van der Waals surface area (Å²) in [4.78, 5) is 4.49. The van der Waals surface area contributed by atoms with E-state index in [1.54, 1.807) is 7.11 Å². The van der Waals surface area contributed by atoms with Gasteiger partial charge in [0.05, 0.1) is 18.9 Å². The van der Waals surface area contributed by atoms with E-state index in [-0.39, 0.29) is 5.41 Å². The van der Waals surface area contributed by atoms with Gasteiger partial charge in [-0.05, 0) is 36.2 Å². The molecule has 2 aliphatic rings. The Morgan fingerprint density at radius 2 is 2.19 bits per heavy atom.